The number of nitrogens with two attached hydrogens (primary N) is 1. The van der Waals surface area contributed by atoms with E-state index in [1.54, 1.807) is 17.0 Å². The SMILES string of the molecule is N#C/C(=C\C1CC1)C(=O)N1CCC[C@H]1Cn1cc(-c2ccc(Oc3cc(F)cc(F)c3)cc2)c2c(N)ncnc21. The Morgan fingerprint density at radius 1 is 1.10 bits per heavy atom. The lowest BCUT2D eigenvalue weighted by atomic mass is 10.1. The fourth-order valence-electron chi connectivity index (χ4n) is 5.26. The zero-order valence-electron chi connectivity index (χ0n) is 21.6. The first-order chi connectivity index (χ1) is 19.4. The summed E-state index contributed by atoms with van der Waals surface area (Å²) in [4.78, 5) is 23.7. The van der Waals surface area contributed by atoms with Crippen LogP contribution in [0.1, 0.15) is 25.7 Å². The minimum Gasteiger partial charge on any atom is -0.457 e. The quantitative estimate of drug-likeness (QED) is 0.241. The molecule has 4 aromatic rings. The van der Waals surface area contributed by atoms with Gasteiger partial charge in [-0.05, 0) is 49.3 Å². The summed E-state index contributed by atoms with van der Waals surface area (Å²) in [5.41, 5.74) is 8.79. The van der Waals surface area contributed by atoms with Crippen LogP contribution in [-0.2, 0) is 11.3 Å². The topological polar surface area (TPSA) is 110 Å². The number of benzene rings is 2. The first-order valence-corrected chi connectivity index (χ1v) is 13.2. The van der Waals surface area contributed by atoms with Gasteiger partial charge < -0.3 is 19.9 Å². The molecule has 1 amide bonds. The number of aromatic nitrogens is 3. The normalized spacial score (nSPS) is 17.3. The lowest BCUT2D eigenvalue weighted by Gasteiger charge is -2.25. The fourth-order valence-corrected chi connectivity index (χ4v) is 5.26. The van der Waals surface area contributed by atoms with Crippen molar-refractivity contribution in [1.29, 1.82) is 5.26 Å². The minimum atomic E-state index is -0.722. The first-order valence-electron chi connectivity index (χ1n) is 13.2. The second-order valence-corrected chi connectivity index (χ2v) is 10.2. The molecule has 0 unspecified atom stereocenters. The van der Waals surface area contributed by atoms with E-state index in [0.717, 1.165) is 55.0 Å². The van der Waals surface area contributed by atoms with Crippen molar-refractivity contribution in [2.24, 2.45) is 5.92 Å². The smallest absolute Gasteiger partial charge is 0.264 e. The highest BCUT2D eigenvalue weighted by Crippen LogP contribution is 2.36. The number of anilines is 1. The number of carbonyl (C=O) groups is 1. The summed E-state index contributed by atoms with van der Waals surface area (Å²) in [6.45, 7) is 1.10. The summed E-state index contributed by atoms with van der Waals surface area (Å²) >= 11 is 0. The van der Waals surface area contributed by atoms with E-state index in [4.69, 9.17) is 10.5 Å². The van der Waals surface area contributed by atoms with Crippen LogP contribution in [0.25, 0.3) is 22.2 Å². The molecule has 1 aliphatic carbocycles. The molecular formula is C30H26F2N6O2. The summed E-state index contributed by atoms with van der Waals surface area (Å²) in [5.74, 6) is -0.525. The molecule has 1 aliphatic heterocycles. The zero-order valence-corrected chi connectivity index (χ0v) is 21.6. The van der Waals surface area contributed by atoms with Crippen LogP contribution in [0.4, 0.5) is 14.6 Å². The van der Waals surface area contributed by atoms with Gasteiger partial charge in [-0.25, -0.2) is 18.7 Å². The maximum atomic E-state index is 13.5. The number of amides is 1. The Morgan fingerprint density at radius 3 is 2.55 bits per heavy atom. The molecule has 2 fully saturated rings. The lowest BCUT2D eigenvalue weighted by molar-refractivity contribution is -0.127. The van der Waals surface area contributed by atoms with E-state index in [-0.39, 0.29) is 23.3 Å². The molecule has 40 heavy (non-hydrogen) atoms. The summed E-state index contributed by atoms with van der Waals surface area (Å²) in [5, 5.41) is 10.3. The van der Waals surface area contributed by atoms with Crippen LogP contribution in [-0.4, -0.2) is 37.9 Å². The number of allylic oxidation sites excluding steroid dienone is 1. The third-order valence-electron chi connectivity index (χ3n) is 7.34. The molecule has 2 aromatic carbocycles. The van der Waals surface area contributed by atoms with Gasteiger partial charge in [-0.15, -0.1) is 0 Å². The third kappa shape index (κ3) is 5.10. The zero-order chi connectivity index (χ0) is 27.8. The average Bonchev–Trinajstić information content (AvgIpc) is 3.51. The van der Waals surface area contributed by atoms with Crippen LogP contribution in [0.2, 0.25) is 0 Å². The number of halogens is 2. The van der Waals surface area contributed by atoms with Crippen molar-refractivity contribution in [3.8, 4) is 28.7 Å². The monoisotopic (exact) mass is 540 g/mol. The molecule has 8 nitrogen and oxygen atoms in total. The second kappa shape index (κ2) is 10.4. The predicted molar refractivity (Wildman–Crippen MR) is 145 cm³/mol. The van der Waals surface area contributed by atoms with Crippen LogP contribution in [0.3, 0.4) is 0 Å². The number of hydrogen-bond donors (Lipinski definition) is 1. The molecule has 1 saturated carbocycles. The van der Waals surface area contributed by atoms with Crippen molar-refractivity contribution in [2.45, 2.75) is 38.3 Å². The molecule has 0 bridgehead atoms. The number of nitrogens with zero attached hydrogens (tertiary/aromatic N) is 5. The van der Waals surface area contributed by atoms with Crippen LogP contribution in [0.15, 0.2) is 66.6 Å². The van der Waals surface area contributed by atoms with Crippen molar-refractivity contribution in [2.75, 3.05) is 12.3 Å². The number of hydrogen-bond acceptors (Lipinski definition) is 6. The summed E-state index contributed by atoms with van der Waals surface area (Å²) < 4.78 is 34.7. The molecule has 1 atom stereocenters. The van der Waals surface area contributed by atoms with E-state index in [9.17, 15) is 18.8 Å². The van der Waals surface area contributed by atoms with Crippen LogP contribution in [0.5, 0.6) is 11.5 Å². The van der Waals surface area contributed by atoms with Gasteiger partial charge in [-0.3, -0.25) is 4.79 Å². The molecule has 2 aromatic heterocycles. The van der Waals surface area contributed by atoms with E-state index in [1.165, 1.54) is 6.33 Å². The number of nitriles is 1. The van der Waals surface area contributed by atoms with E-state index in [1.807, 2.05) is 29.0 Å². The Hall–Kier alpha value is -4.78. The van der Waals surface area contributed by atoms with Gasteiger partial charge in [0, 0.05) is 43.0 Å². The Labute approximate surface area is 229 Å². The van der Waals surface area contributed by atoms with Gasteiger partial charge >= 0.3 is 0 Å². The molecule has 2 aliphatic rings. The van der Waals surface area contributed by atoms with Crippen molar-refractivity contribution in [1.82, 2.24) is 19.4 Å². The number of rotatable bonds is 7. The van der Waals surface area contributed by atoms with Gasteiger partial charge in [0.25, 0.3) is 5.91 Å². The number of likely N-dealkylation sites (tertiary alicyclic amines) is 1. The first kappa shape index (κ1) is 25.5. The standard InChI is InChI=1S/C30H26F2N6O2/c31-21-11-22(32)13-25(12-21)40-24-7-5-19(6-8-24)26-16-37(29-27(26)28(34)35-17-36-29)15-23-2-1-9-38(23)30(39)20(14-33)10-18-3-4-18/h5-8,10-13,16-18,23H,1-4,9,15H2,(H2,34,35,36)/b20-10+/t23-/m0/s1. The van der Waals surface area contributed by atoms with Gasteiger partial charge in [0.1, 0.15) is 52.6 Å². The van der Waals surface area contributed by atoms with Crippen molar-refractivity contribution >= 4 is 22.8 Å². The van der Waals surface area contributed by atoms with Gasteiger partial charge in [-0.1, -0.05) is 18.2 Å². The van der Waals surface area contributed by atoms with Crippen molar-refractivity contribution < 1.29 is 18.3 Å². The largest absolute Gasteiger partial charge is 0.457 e. The van der Waals surface area contributed by atoms with Crippen molar-refractivity contribution in [3.63, 3.8) is 0 Å². The van der Waals surface area contributed by atoms with E-state index >= 15 is 0 Å². The molecule has 2 N–H and O–H groups in total. The van der Waals surface area contributed by atoms with Gasteiger partial charge in [-0.2, -0.15) is 5.26 Å². The van der Waals surface area contributed by atoms with E-state index in [2.05, 4.69) is 16.0 Å². The van der Waals surface area contributed by atoms with Gasteiger partial charge in [0.15, 0.2) is 0 Å². The molecular weight excluding hydrogens is 514 g/mol. The maximum Gasteiger partial charge on any atom is 0.264 e. The number of fused-ring (bicyclic) bond motifs is 1. The Kier molecular flexibility index (Phi) is 6.64. The average molecular weight is 541 g/mol. The lowest BCUT2D eigenvalue weighted by Crippen LogP contribution is -2.38. The van der Waals surface area contributed by atoms with Crippen LogP contribution >= 0.6 is 0 Å². The summed E-state index contributed by atoms with van der Waals surface area (Å²) in [7, 11) is 0. The maximum absolute atomic E-state index is 13.5. The van der Waals surface area contributed by atoms with Gasteiger partial charge in [0.05, 0.1) is 11.4 Å². The molecule has 0 radical (unpaired) electrons. The molecule has 6 rings (SSSR count). The molecule has 10 heteroatoms. The number of ether oxygens (including phenoxy) is 1. The van der Waals surface area contributed by atoms with Crippen LogP contribution in [0, 0.1) is 28.9 Å². The van der Waals surface area contributed by atoms with E-state index < -0.39 is 11.6 Å². The number of nitrogen functional groups attached to an aromatic ring is 1. The Balaban J connectivity index is 1.28. The Morgan fingerprint density at radius 2 is 1.85 bits per heavy atom. The highest BCUT2D eigenvalue weighted by atomic mass is 19.1. The van der Waals surface area contributed by atoms with E-state index in [0.29, 0.717) is 41.6 Å². The Bertz CT molecular complexity index is 1650. The van der Waals surface area contributed by atoms with Crippen molar-refractivity contribution in [3.05, 3.63) is 78.3 Å². The number of carbonyl (C=O) groups excluding carboxylic acids is 1. The summed E-state index contributed by atoms with van der Waals surface area (Å²) in [6, 6.07) is 12.1. The molecule has 0 spiro atoms. The predicted octanol–water partition coefficient (Wildman–Crippen LogP) is 5.60. The fraction of sp³-hybridized carbons (Fsp3) is 0.267. The molecule has 3 heterocycles. The van der Waals surface area contributed by atoms with Crippen LogP contribution < -0.4 is 10.5 Å². The molecule has 202 valence electrons. The third-order valence-corrected chi connectivity index (χ3v) is 7.34. The van der Waals surface area contributed by atoms with Gasteiger partial charge in [0.2, 0.25) is 0 Å². The highest BCUT2D eigenvalue weighted by Gasteiger charge is 2.33. The highest BCUT2D eigenvalue weighted by molar-refractivity contribution is 6.01. The molecule has 1 saturated heterocycles. The summed E-state index contributed by atoms with van der Waals surface area (Å²) in [6.07, 6.45) is 8.90. The second-order valence-electron chi connectivity index (χ2n) is 10.2. The minimum absolute atomic E-state index is 0.0571.